The van der Waals surface area contributed by atoms with Crippen LogP contribution in [0.25, 0.3) is 0 Å². The Kier molecular flexibility index (Phi) is 5.00. The maximum absolute atomic E-state index is 11.8. The standard InChI is InChI=1S/C19H26N4O/c1-15(2)23-18(9-10-20-23)13-22-12-11-21(16(3)24)14-19(22)17-7-5-4-6-8-17/h4-10,15,19H,11-14H2,1-3H3. The average molecular weight is 326 g/mol. The summed E-state index contributed by atoms with van der Waals surface area (Å²) < 4.78 is 2.08. The zero-order chi connectivity index (χ0) is 17.1. The van der Waals surface area contributed by atoms with E-state index in [4.69, 9.17) is 0 Å². The highest BCUT2D eigenvalue weighted by atomic mass is 16.2. The van der Waals surface area contributed by atoms with Crippen LogP contribution in [-0.4, -0.2) is 45.1 Å². The summed E-state index contributed by atoms with van der Waals surface area (Å²) in [4.78, 5) is 16.3. The summed E-state index contributed by atoms with van der Waals surface area (Å²) in [7, 11) is 0. The van der Waals surface area contributed by atoms with Gasteiger partial charge in [-0.15, -0.1) is 0 Å². The zero-order valence-electron chi connectivity index (χ0n) is 14.7. The van der Waals surface area contributed by atoms with E-state index >= 15 is 0 Å². The average Bonchev–Trinajstić information content (AvgIpc) is 3.04. The van der Waals surface area contributed by atoms with E-state index in [1.165, 1.54) is 11.3 Å². The molecule has 1 aromatic heterocycles. The van der Waals surface area contributed by atoms with Crippen molar-refractivity contribution in [2.24, 2.45) is 0 Å². The molecule has 2 aromatic rings. The van der Waals surface area contributed by atoms with E-state index in [1.54, 1.807) is 6.92 Å². The molecule has 5 nitrogen and oxygen atoms in total. The number of carbonyl (C=O) groups excluding carboxylic acids is 1. The molecule has 0 radical (unpaired) electrons. The van der Waals surface area contributed by atoms with Crippen molar-refractivity contribution in [2.75, 3.05) is 19.6 Å². The van der Waals surface area contributed by atoms with E-state index in [0.29, 0.717) is 6.04 Å². The molecule has 3 rings (SSSR count). The lowest BCUT2D eigenvalue weighted by Crippen LogP contribution is -2.49. The number of aromatic nitrogens is 2. The van der Waals surface area contributed by atoms with Crippen molar-refractivity contribution in [3.63, 3.8) is 0 Å². The number of hydrogen-bond donors (Lipinski definition) is 0. The monoisotopic (exact) mass is 326 g/mol. The molecule has 1 aliphatic rings. The minimum absolute atomic E-state index is 0.155. The summed E-state index contributed by atoms with van der Waals surface area (Å²) in [5.41, 5.74) is 2.49. The maximum atomic E-state index is 11.8. The van der Waals surface area contributed by atoms with Gasteiger partial charge in [0.25, 0.3) is 0 Å². The first-order valence-corrected chi connectivity index (χ1v) is 8.63. The van der Waals surface area contributed by atoms with E-state index in [0.717, 1.165) is 26.2 Å². The normalized spacial score (nSPS) is 19.0. The molecule has 0 bridgehead atoms. The molecule has 128 valence electrons. The molecule has 2 heterocycles. The van der Waals surface area contributed by atoms with Crippen molar-refractivity contribution in [1.82, 2.24) is 19.6 Å². The van der Waals surface area contributed by atoms with Crippen LogP contribution in [-0.2, 0) is 11.3 Å². The molecule has 1 saturated heterocycles. The molecule has 0 saturated carbocycles. The minimum Gasteiger partial charge on any atom is -0.340 e. The number of rotatable bonds is 4. The van der Waals surface area contributed by atoms with Gasteiger partial charge < -0.3 is 4.90 Å². The Hall–Kier alpha value is -2.14. The smallest absolute Gasteiger partial charge is 0.219 e. The predicted molar refractivity (Wildman–Crippen MR) is 94.5 cm³/mol. The molecule has 5 heteroatoms. The van der Waals surface area contributed by atoms with Gasteiger partial charge >= 0.3 is 0 Å². The molecule has 1 aliphatic heterocycles. The van der Waals surface area contributed by atoms with Crippen LogP contribution >= 0.6 is 0 Å². The van der Waals surface area contributed by atoms with E-state index < -0.39 is 0 Å². The van der Waals surface area contributed by atoms with E-state index in [2.05, 4.69) is 58.9 Å². The Morgan fingerprint density at radius 3 is 2.62 bits per heavy atom. The summed E-state index contributed by atoms with van der Waals surface area (Å²) in [6.07, 6.45) is 1.87. The number of carbonyl (C=O) groups is 1. The summed E-state index contributed by atoms with van der Waals surface area (Å²) in [5, 5.41) is 4.45. The van der Waals surface area contributed by atoms with Gasteiger partial charge in [-0.2, -0.15) is 5.10 Å². The van der Waals surface area contributed by atoms with Crippen LogP contribution < -0.4 is 0 Å². The molecule has 0 N–H and O–H groups in total. The third-order valence-corrected chi connectivity index (χ3v) is 4.73. The van der Waals surface area contributed by atoms with Crippen molar-refractivity contribution in [3.05, 3.63) is 53.9 Å². The number of piperazine rings is 1. The lowest BCUT2D eigenvalue weighted by Gasteiger charge is -2.41. The Bertz CT molecular complexity index is 680. The first-order chi connectivity index (χ1) is 11.6. The second-order valence-electron chi connectivity index (χ2n) is 6.72. The van der Waals surface area contributed by atoms with Crippen LogP contribution in [0.2, 0.25) is 0 Å². The topological polar surface area (TPSA) is 41.4 Å². The first kappa shape index (κ1) is 16.7. The Morgan fingerprint density at radius 1 is 1.21 bits per heavy atom. The molecule has 24 heavy (non-hydrogen) atoms. The highest BCUT2D eigenvalue weighted by Crippen LogP contribution is 2.27. The van der Waals surface area contributed by atoms with Gasteiger partial charge in [0.1, 0.15) is 0 Å². The van der Waals surface area contributed by atoms with Crippen molar-refractivity contribution in [3.8, 4) is 0 Å². The first-order valence-electron chi connectivity index (χ1n) is 8.63. The highest BCUT2D eigenvalue weighted by Gasteiger charge is 2.30. The third kappa shape index (κ3) is 3.51. The van der Waals surface area contributed by atoms with Crippen molar-refractivity contribution in [2.45, 2.75) is 39.4 Å². The number of hydrogen-bond acceptors (Lipinski definition) is 3. The zero-order valence-corrected chi connectivity index (χ0v) is 14.7. The van der Waals surface area contributed by atoms with E-state index in [9.17, 15) is 4.79 Å². The molecule has 1 unspecified atom stereocenters. The van der Waals surface area contributed by atoms with Gasteiger partial charge in [-0.05, 0) is 25.5 Å². The SMILES string of the molecule is CC(=O)N1CCN(Cc2ccnn2C(C)C)C(c2ccccc2)C1. The molecule has 1 fully saturated rings. The second-order valence-corrected chi connectivity index (χ2v) is 6.72. The number of nitrogens with zero attached hydrogens (tertiary/aromatic N) is 4. The molecular formula is C19H26N4O. The lowest BCUT2D eigenvalue weighted by atomic mass is 10.0. The van der Waals surface area contributed by atoms with Gasteiger partial charge in [-0.1, -0.05) is 30.3 Å². The Balaban J connectivity index is 1.84. The quantitative estimate of drug-likeness (QED) is 0.867. The van der Waals surface area contributed by atoms with E-state index in [1.807, 2.05) is 17.2 Å². The van der Waals surface area contributed by atoms with Gasteiger partial charge in [-0.25, -0.2) is 0 Å². The summed E-state index contributed by atoms with van der Waals surface area (Å²) in [6, 6.07) is 13.1. The highest BCUT2D eigenvalue weighted by molar-refractivity contribution is 5.73. The van der Waals surface area contributed by atoms with Crippen molar-refractivity contribution in [1.29, 1.82) is 0 Å². The molecule has 0 aliphatic carbocycles. The van der Waals surface area contributed by atoms with Crippen LogP contribution in [0.4, 0.5) is 0 Å². The van der Waals surface area contributed by atoms with Crippen LogP contribution in [0.3, 0.4) is 0 Å². The minimum atomic E-state index is 0.155. The Labute approximate surface area is 143 Å². The van der Waals surface area contributed by atoms with Crippen molar-refractivity contribution < 1.29 is 4.79 Å². The van der Waals surface area contributed by atoms with Gasteiger partial charge in [-0.3, -0.25) is 14.4 Å². The third-order valence-electron chi connectivity index (χ3n) is 4.73. The number of benzene rings is 1. The Morgan fingerprint density at radius 2 is 1.96 bits per heavy atom. The second kappa shape index (κ2) is 7.18. The van der Waals surface area contributed by atoms with Crippen LogP contribution in [0.1, 0.15) is 44.1 Å². The molecule has 0 spiro atoms. The fraction of sp³-hybridized carbons (Fsp3) is 0.474. The van der Waals surface area contributed by atoms with Crippen LogP contribution in [0.15, 0.2) is 42.6 Å². The maximum Gasteiger partial charge on any atom is 0.219 e. The largest absolute Gasteiger partial charge is 0.340 e. The van der Waals surface area contributed by atoms with Crippen molar-refractivity contribution >= 4 is 5.91 Å². The van der Waals surface area contributed by atoms with Crippen LogP contribution in [0, 0.1) is 0 Å². The lowest BCUT2D eigenvalue weighted by molar-refractivity contribution is -0.132. The summed E-state index contributed by atoms with van der Waals surface area (Å²) >= 11 is 0. The molecule has 1 atom stereocenters. The van der Waals surface area contributed by atoms with Crippen LogP contribution in [0.5, 0.6) is 0 Å². The molecule has 1 aromatic carbocycles. The molecule has 1 amide bonds. The summed E-state index contributed by atoms with van der Waals surface area (Å²) in [5.74, 6) is 0.155. The van der Waals surface area contributed by atoms with Gasteiger partial charge in [0.15, 0.2) is 0 Å². The van der Waals surface area contributed by atoms with Gasteiger partial charge in [0.2, 0.25) is 5.91 Å². The summed E-state index contributed by atoms with van der Waals surface area (Å²) in [6.45, 7) is 9.22. The predicted octanol–water partition coefficient (Wildman–Crippen LogP) is 2.87. The number of amides is 1. The van der Waals surface area contributed by atoms with E-state index in [-0.39, 0.29) is 11.9 Å². The fourth-order valence-corrected chi connectivity index (χ4v) is 3.43. The van der Waals surface area contributed by atoms with Gasteiger partial charge in [0, 0.05) is 45.3 Å². The fourth-order valence-electron chi connectivity index (χ4n) is 3.43. The van der Waals surface area contributed by atoms with Gasteiger partial charge in [0.05, 0.1) is 11.7 Å². The molecular weight excluding hydrogens is 300 g/mol.